The summed E-state index contributed by atoms with van der Waals surface area (Å²) in [6.07, 6.45) is -4.61. The van der Waals surface area contributed by atoms with Crippen LogP contribution in [0.3, 0.4) is 0 Å². The lowest BCUT2D eigenvalue weighted by molar-refractivity contribution is -0.204. The van der Waals surface area contributed by atoms with Gasteiger partial charge >= 0.3 is 6.18 Å². The van der Waals surface area contributed by atoms with Crippen LogP contribution in [0, 0.1) is 0 Å². The number of aliphatic hydroxyl groups excluding tert-OH is 1. The molecule has 1 N–H and O–H groups in total. The second-order valence-electron chi connectivity index (χ2n) is 4.68. The average molecular weight is 280 g/mol. The van der Waals surface area contributed by atoms with Gasteiger partial charge in [-0.1, -0.05) is 5.16 Å². The molecule has 8 heteroatoms. The molecule has 1 heterocycles. The SMILES string of the molecule is COC1(c2noc(CC(O)C(F)(F)F)n2)CCCC1. The van der Waals surface area contributed by atoms with E-state index in [4.69, 9.17) is 14.4 Å². The highest BCUT2D eigenvalue weighted by molar-refractivity contribution is 5.04. The Balaban J connectivity index is 2.11. The van der Waals surface area contributed by atoms with Gasteiger partial charge in [-0.25, -0.2) is 0 Å². The first-order chi connectivity index (χ1) is 8.87. The van der Waals surface area contributed by atoms with Gasteiger partial charge in [-0.15, -0.1) is 0 Å². The molecule has 0 aromatic carbocycles. The summed E-state index contributed by atoms with van der Waals surface area (Å²) >= 11 is 0. The van der Waals surface area contributed by atoms with Gasteiger partial charge in [0.05, 0.1) is 6.42 Å². The largest absolute Gasteiger partial charge is 0.414 e. The Labute approximate surface area is 107 Å². The van der Waals surface area contributed by atoms with E-state index in [0.717, 1.165) is 12.8 Å². The Bertz CT molecular complexity index is 427. The quantitative estimate of drug-likeness (QED) is 0.913. The molecule has 1 unspecified atom stereocenters. The van der Waals surface area contributed by atoms with E-state index in [0.29, 0.717) is 12.8 Å². The smallest absolute Gasteiger partial charge is 0.383 e. The molecule has 0 radical (unpaired) electrons. The first-order valence-electron chi connectivity index (χ1n) is 6.00. The summed E-state index contributed by atoms with van der Waals surface area (Å²) in [7, 11) is 1.52. The van der Waals surface area contributed by atoms with Crippen LogP contribution < -0.4 is 0 Å². The summed E-state index contributed by atoms with van der Waals surface area (Å²) in [5, 5.41) is 12.6. The van der Waals surface area contributed by atoms with Crippen LogP contribution in [0.25, 0.3) is 0 Å². The Kier molecular flexibility index (Phi) is 3.82. The van der Waals surface area contributed by atoms with Crippen molar-refractivity contribution in [3.63, 3.8) is 0 Å². The van der Waals surface area contributed by atoms with Crippen LogP contribution in [-0.4, -0.2) is 34.6 Å². The van der Waals surface area contributed by atoms with Crippen molar-refractivity contribution < 1.29 is 27.5 Å². The Hall–Kier alpha value is -1.15. The maximum absolute atomic E-state index is 12.2. The molecule has 1 saturated carbocycles. The van der Waals surface area contributed by atoms with Gasteiger partial charge in [-0.2, -0.15) is 18.2 Å². The molecule has 1 aliphatic rings. The van der Waals surface area contributed by atoms with Gasteiger partial charge in [0, 0.05) is 7.11 Å². The molecule has 1 atom stereocenters. The predicted octanol–water partition coefficient (Wildman–Crippen LogP) is 1.95. The van der Waals surface area contributed by atoms with Gasteiger partial charge < -0.3 is 14.4 Å². The van der Waals surface area contributed by atoms with Gasteiger partial charge in [-0.05, 0) is 25.7 Å². The van der Waals surface area contributed by atoms with Crippen molar-refractivity contribution in [2.75, 3.05) is 7.11 Å². The molecule has 0 bridgehead atoms. The van der Waals surface area contributed by atoms with Crippen LogP contribution in [-0.2, 0) is 16.8 Å². The normalized spacial score (nSPS) is 20.7. The number of ether oxygens (including phenoxy) is 1. The van der Waals surface area contributed by atoms with Crippen LogP contribution in [0.15, 0.2) is 4.52 Å². The van der Waals surface area contributed by atoms with E-state index in [1.807, 2.05) is 0 Å². The molecule has 1 aromatic rings. The number of rotatable bonds is 4. The number of aliphatic hydroxyl groups is 1. The minimum Gasteiger partial charge on any atom is -0.383 e. The lowest BCUT2D eigenvalue weighted by Crippen LogP contribution is -2.30. The fourth-order valence-electron chi connectivity index (χ4n) is 2.27. The van der Waals surface area contributed by atoms with Gasteiger partial charge in [0.15, 0.2) is 6.10 Å². The summed E-state index contributed by atoms with van der Waals surface area (Å²) in [4.78, 5) is 3.93. The first kappa shape index (κ1) is 14.3. The van der Waals surface area contributed by atoms with Crippen molar-refractivity contribution in [2.24, 2.45) is 0 Å². The van der Waals surface area contributed by atoms with E-state index in [9.17, 15) is 13.2 Å². The average Bonchev–Trinajstić information content (AvgIpc) is 2.96. The molecule has 19 heavy (non-hydrogen) atoms. The highest BCUT2D eigenvalue weighted by Crippen LogP contribution is 2.40. The monoisotopic (exact) mass is 280 g/mol. The number of methoxy groups -OCH3 is 1. The number of aromatic nitrogens is 2. The highest BCUT2D eigenvalue weighted by atomic mass is 19.4. The Morgan fingerprint density at radius 2 is 2.05 bits per heavy atom. The molecule has 0 amide bonds. The lowest BCUT2D eigenvalue weighted by Gasteiger charge is -2.22. The van der Waals surface area contributed by atoms with Crippen LogP contribution in [0.1, 0.15) is 37.4 Å². The van der Waals surface area contributed by atoms with Crippen molar-refractivity contribution in [3.05, 3.63) is 11.7 Å². The van der Waals surface area contributed by atoms with Crippen LogP contribution in [0.5, 0.6) is 0 Å². The Morgan fingerprint density at radius 3 is 2.58 bits per heavy atom. The highest BCUT2D eigenvalue weighted by Gasteiger charge is 2.42. The van der Waals surface area contributed by atoms with Gasteiger partial charge in [0.2, 0.25) is 11.7 Å². The summed E-state index contributed by atoms with van der Waals surface area (Å²) in [5.74, 6) is 0.0278. The molecule has 0 saturated heterocycles. The molecule has 108 valence electrons. The van der Waals surface area contributed by atoms with E-state index in [1.54, 1.807) is 0 Å². The van der Waals surface area contributed by atoms with Crippen molar-refractivity contribution in [2.45, 2.75) is 50.0 Å². The number of alkyl halides is 3. The number of halogens is 3. The third kappa shape index (κ3) is 2.89. The van der Waals surface area contributed by atoms with Crippen LogP contribution in [0.2, 0.25) is 0 Å². The summed E-state index contributed by atoms with van der Waals surface area (Å²) in [6.45, 7) is 0. The maximum Gasteiger partial charge on any atom is 0.414 e. The fourth-order valence-corrected chi connectivity index (χ4v) is 2.27. The van der Waals surface area contributed by atoms with E-state index in [2.05, 4.69) is 10.1 Å². The molecule has 1 fully saturated rings. The lowest BCUT2D eigenvalue weighted by atomic mass is 10.0. The van der Waals surface area contributed by atoms with Crippen molar-refractivity contribution in [1.29, 1.82) is 0 Å². The number of hydrogen-bond donors (Lipinski definition) is 1. The second-order valence-corrected chi connectivity index (χ2v) is 4.68. The zero-order valence-electron chi connectivity index (χ0n) is 10.4. The predicted molar refractivity (Wildman–Crippen MR) is 57.2 cm³/mol. The minimum absolute atomic E-state index is 0.233. The zero-order chi connectivity index (χ0) is 14.1. The molecule has 5 nitrogen and oxygen atoms in total. The van der Waals surface area contributed by atoms with Gasteiger partial charge in [-0.3, -0.25) is 0 Å². The van der Waals surface area contributed by atoms with Crippen molar-refractivity contribution in [3.8, 4) is 0 Å². The molecule has 1 aliphatic carbocycles. The number of hydrogen-bond acceptors (Lipinski definition) is 5. The summed E-state index contributed by atoms with van der Waals surface area (Å²) in [6, 6.07) is 0. The third-order valence-corrected chi connectivity index (χ3v) is 3.42. The zero-order valence-corrected chi connectivity index (χ0v) is 10.4. The van der Waals surface area contributed by atoms with Crippen molar-refractivity contribution >= 4 is 0 Å². The number of nitrogens with zero attached hydrogens (tertiary/aromatic N) is 2. The second kappa shape index (κ2) is 5.09. The van der Waals surface area contributed by atoms with E-state index < -0.39 is 24.3 Å². The first-order valence-corrected chi connectivity index (χ1v) is 6.00. The molecule has 0 spiro atoms. The van der Waals surface area contributed by atoms with Gasteiger partial charge in [0.25, 0.3) is 0 Å². The van der Waals surface area contributed by atoms with Crippen molar-refractivity contribution in [1.82, 2.24) is 10.1 Å². The summed E-state index contributed by atoms with van der Waals surface area (Å²) in [5.41, 5.74) is -0.662. The third-order valence-electron chi connectivity index (χ3n) is 3.42. The van der Waals surface area contributed by atoms with E-state index >= 15 is 0 Å². The van der Waals surface area contributed by atoms with Crippen LogP contribution in [0.4, 0.5) is 13.2 Å². The molecule has 2 rings (SSSR count). The molecular weight excluding hydrogens is 265 g/mol. The molecule has 0 aliphatic heterocycles. The Morgan fingerprint density at radius 1 is 1.42 bits per heavy atom. The minimum atomic E-state index is -4.69. The summed E-state index contributed by atoms with van der Waals surface area (Å²) < 4.78 is 46.8. The molecular formula is C11H15F3N2O3. The van der Waals surface area contributed by atoms with Gasteiger partial charge in [0.1, 0.15) is 5.60 Å². The van der Waals surface area contributed by atoms with Crippen LogP contribution >= 0.6 is 0 Å². The standard InChI is InChI=1S/C11H15F3N2O3/c1-18-10(4-2-3-5-10)9-15-8(19-16-9)6-7(17)11(12,13)14/h7,17H,2-6H2,1H3. The topological polar surface area (TPSA) is 68.4 Å². The van der Waals surface area contributed by atoms with E-state index in [1.165, 1.54) is 7.11 Å². The maximum atomic E-state index is 12.2. The fraction of sp³-hybridized carbons (Fsp3) is 0.818. The van der Waals surface area contributed by atoms with E-state index in [-0.39, 0.29) is 11.7 Å². The molecule has 1 aromatic heterocycles.